The highest BCUT2D eigenvalue weighted by molar-refractivity contribution is 7.85. The molecule has 0 saturated carbocycles. The summed E-state index contributed by atoms with van der Waals surface area (Å²) >= 11 is 0. The monoisotopic (exact) mass is 284 g/mol. The van der Waals surface area contributed by atoms with E-state index in [0.717, 1.165) is 5.56 Å². The molecular formula is C13H16O5S. The zero-order valence-corrected chi connectivity index (χ0v) is 11.6. The summed E-state index contributed by atoms with van der Waals surface area (Å²) in [6, 6.07) is 4.37. The molecule has 6 heteroatoms. The Bertz CT molecular complexity index is 587. The number of benzene rings is 1. The van der Waals surface area contributed by atoms with Crippen LogP contribution in [0.2, 0.25) is 0 Å². The average Bonchev–Trinajstić information content (AvgIpc) is 2.28. The summed E-state index contributed by atoms with van der Waals surface area (Å²) in [6.45, 7) is 9.98. The van der Waals surface area contributed by atoms with Crippen molar-refractivity contribution >= 4 is 22.2 Å². The minimum atomic E-state index is -4.10. The van der Waals surface area contributed by atoms with E-state index in [9.17, 15) is 13.2 Å². The lowest BCUT2D eigenvalue weighted by Gasteiger charge is -2.02. The van der Waals surface area contributed by atoms with Crippen molar-refractivity contribution in [3.63, 3.8) is 0 Å². The molecule has 0 radical (unpaired) electrons. The van der Waals surface area contributed by atoms with Gasteiger partial charge in [0, 0.05) is 5.57 Å². The molecule has 5 nitrogen and oxygen atoms in total. The molecule has 0 unspecified atom stereocenters. The van der Waals surface area contributed by atoms with Gasteiger partial charge in [0.2, 0.25) is 0 Å². The van der Waals surface area contributed by atoms with Crippen LogP contribution in [0, 0.1) is 6.92 Å². The van der Waals surface area contributed by atoms with Gasteiger partial charge in [-0.1, -0.05) is 25.3 Å². The predicted molar refractivity (Wildman–Crippen MR) is 73.5 cm³/mol. The van der Waals surface area contributed by atoms with Crippen LogP contribution in [-0.4, -0.2) is 24.0 Å². The first kappa shape index (κ1) is 17.1. The van der Waals surface area contributed by atoms with Gasteiger partial charge in [-0.15, -0.1) is 0 Å². The molecule has 0 bridgehead atoms. The topological polar surface area (TPSA) is 91.7 Å². The summed E-state index contributed by atoms with van der Waals surface area (Å²) in [5, 5.41) is 7.89. The predicted octanol–water partition coefficient (Wildman–Crippen LogP) is 2.53. The van der Waals surface area contributed by atoms with E-state index in [1.807, 2.05) is 6.92 Å². The van der Waals surface area contributed by atoms with Gasteiger partial charge < -0.3 is 5.11 Å². The summed E-state index contributed by atoms with van der Waals surface area (Å²) in [4.78, 5) is 9.50. The Morgan fingerprint density at radius 3 is 2.16 bits per heavy atom. The maximum Gasteiger partial charge on any atom is 0.330 e. The first-order valence-electron chi connectivity index (χ1n) is 5.19. The molecule has 0 atom stereocenters. The van der Waals surface area contributed by atoms with Crippen molar-refractivity contribution in [2.24, 2.45) is 0 Å². The van der Waals surface area contributed by atoms with Gasteiger partial charge in [0.25, 0.3) is 10.1 Å². The van der Waals surface area contributed by atoms with Crippen molar-refractivity contribution in [1.82, 2.24) is 0 Å². The Hall–Kier alpha value is -1.92. The van der Waals surface area contributed by atoms with Gasteiger partial charge in [0.05, 0.1) is 4.90 Å². The van der Waals surface area contributed by atoms with E-state index < -0.39 is 16.1 Å². The standard InChI is InChI=1S/C9H10O3S.C4H6O2/c1-3-8-6-9(13(10,11)12)5-4-7(8)2;1-3(2)4(5)6/h3-6H,1H2,2H3,(H,10,11,12);1H2,2H3,(H,5,6). The van der Waals surface area contributed by atoms with Crippen LogP contribution in [0.4, 0.5) is 0 Å². The first-order chi connectivity index (χ1) is 8.59. The van der Waals surface area contributed by atoms with Crippen LogP contribution in [0.3, 0.4) is 0 Å². The van der Waals surface area contributed by atoms with E-state index in [0.29, 0.717) is 5.56 Å². The Kier molecular flexibility index (Phi) is 6.17. The van der Waals surface area contributed by atoms with Gasteiger partial charge in [0.1, 0.15) is 0 Å². The molecule has 0 aromatic heterocycles. The van der Waals surface area contributed by atoms with E-state index >= 15 is 0 Å². The summed E-state index contributed by atoms with van der Waals surface area (Å²) in [5.74, 6) is -0.935. The number of aryl methyl sites for hydroxylation is 1. The fourth-order valence-electron chi connectivity index (χ4n) is 0.999. The van der Waals surface area contributed by atoms with Crippen molar-refractivity contribution in [3.05, 3.63) is 48.1 Å². The number of hydrogen-bond acceptors (Lipinski definition) is 3. The Balaban J connectivity index is 0.000000459. The fourth-order valence-corrected chi connectivity index (χ4v) is 1.51. The fraction of sp³-hybridized carbons (Fsp3) is 0.154. The van der Waals surface area contributed by atoms with Crippen molar-refractivity contribution in [3.8, 4) is 0 Å². The maximum atomic E-state index is 10.7. The molecule has 0 fully saturated rings. The molecule has 0 aliphatic rings. The molecule has 0 spiro atoms. The van der Waals surface area contributed by atoms with Crippen molar-refractivity contribution < 1.29 is 22.9 Å². The molecule has 0 heterocycles. The number of hydrogen-bond donors (Lipinski definition) is 2. The minimum absolute atomic E-state index is 0.104. The molecule has 0 aliphatic carbocycles. The number of carboxylic acid groups (broad SMARTS) is 1. The highest BCUT2D eigenvalue weighted by Gasteiger charge is 2.09. The summed E-state index contributed by atoms with van der Waals surface area (Å²) in [7, 11) is -4.10. The highest BCUT2D eigenvalue weighted by atomic mass is 32.2. The molecule has 19 heavy (non-hydrogen) atoms. The summed E-state index contributed by atoms with van der Waals surface area (Å²) in [5.41, 5.74) is 1.80. The smallest absolute Gasteiger partial charge is 0.330 e. The van der Waals surface area contributed by atoms with Crippen LogP contribution in [0.1, 0.15) is 18.1 Å². The molecule has 1 aromatic rings. The second kappa shape index (κ2) is 6.86. The zero-order valence-electron chi connectivity index (χ0n) is 10.8. The van der Waals surface area contributed by atoms with Gasteiger partial charge in [-0.3, -0.25) is 4.55 Å². The van der Waals surface area contributed by atoms with E-state index in [1.165, 1.54) is 19.1 Å². The van der Waals surface area contributed by atoms with E-state index in [-0.39, 0.29) is 10.5 Å². The molecule has 104 valence electrons. The maximum absolute atomic E-state index is 10.7. The van der Waals surface area contributed by atoms with Crippen molar-refractivity contribution in [2.45, 2.75) is 18.7 Å². The normalized spacial score (nSPS) is 10.1. The van der Waals surface area contributed by atoms with Crippen LogP contribution in [0.15, 0.2) is 41.8 Å². The first-order valence-corrected chi connectivity index (χ1v) is 6.63. The number of aliphatic carboxylic acids is 1. The zero-order chi connectivity index (χ0) is 15.2. The van der Waals surface area contributed by atoms with Gasteiger partial charge in [-0.05, 0) is 37.1 Å². The van der Waals surface area contributed by atoms with Gasteiger partial charge in [-0.2, -0.15) is 8.42 Å². The lowest BCUT2D eigenvalue weighted by atomic mass is 10.1. The van der Waals surface area contributed by atoms with Crippen LogP contribution >= 0.6 is 0 Å². The van der Waals surface area contributed by atoms with Crippen molar-refractivity contribution in [2.75, 3.05) is 0 Å². The molecule has 0 amide bonds. The van der Waals surface area contributed by atoms with Crippen molar-refractivity contribution in [1.29, 1.82) is 0 Å². The quantitative estimate of drug-likeness (QED) is 0.657. The average molecular weight is 284 g/mol. The molecular weight excluding hydrogens is 268 g/mol. The van der Waals surface area contributed by atoms with Gasteiger partial charge in [0.15, 0.2) is 0 Å². The molecule has 0 saturated heterocycles. The number of rotatable bonds is 3. The molecule has 2 N–H and O–H groups in total. The van der Waals surface area contributed by atoms with Crippen LogP contribution in [0.25, 0.3) is 6.08 Å². The third-order valence-corrected chi connectivity index (χ3v) is 2.98. The highest BCUT2D eigenvalue weighted by Crippen LogP contribution is 2.15. The summed E-state index contributed by atoms with van der Waals surface area (Å²) < 4.78 is 30.2. The largest absolute Gasteiger partial charge is 0.478 e. The Labute approximate surface area is 112 Å². The number of carbonyl (C=O) groups is 1. The van der Waals surface area contributed by atoms with E-state index in [1.54, 1.807) is 12.1 Å². The molecule has 0 aliphatic heterocycles. The lowest BCUT2D eigenvalue weighted by Crippen LogP contribution is -1.98. The third-order valence-electron chi connectivity index (χ3n) is 2.13. The van der Waals surface area contributed by atoms with Crippen LogP contribution in [0.5, 0.6) is 0 Å². The number of carboxylic acids is 1. The minimum Gasteiger partial charge on any atom is -0.478 e. The van der Waals surface area contributed by atoms with Gasteiger partial charge >= 0.3 is 5.97 Å². The Morgan fingerprint density at radius 1 is 1.37 bits per heavy atom. The lowest BCUT2D eigenvalue weighted by molar-refractivity contribution is -0.132. The van der Waals surface area contributed by atoms with E-state index in [2.05, 4.69) is 13.2 Å². The Morgan fingerprint density at radius 2 is 1.84 bits per heavy atom. The summed E-state index contributed by atoms with van der Waals surface area (Å²) in [6.07, 6.45) is 1.55. The SMILES string of the molecule is C=C(C)C(=O)O.C=Cc1cc(S(=O)(=O)O)ccc1C. The second-order valence-corrected chi connectivity index (χ2v) is 5.20. The van der Waals surface area contributed by atoms with E-state index in [4.69, 9.17) is 9.66 Å². The van der Waals surface area contributed by atoms with Gasteiger partial charge in [-0.25, -0.2) is 4.79 Å². The molecule has 1 aromatic carbocycles. The van der Waals surface area contributed by atoms with Crippen LogP contribution in [-0.2, 0) is 14.9 Å². The molecule has 1 rings (SSSR count). The second-order valence-electron chi connectivity index (χ2n) is 3.78. The van der Waals surface area contributed by atoms with Crippen LogP contribution < -0.4 is 0 Å². The third kappa shape index (κ3) is 5.98.